The number of ether oxygens (including phenoxy) is 1. The minimum atomic E-state index is -0.687. The Morgan fingerprint density at radius 2 is 1.89 bits per heavy atom. The smallest absolute Gasteiger partial charge is 0.318 e. The summed E-state index contributed by atoms with van der Waals surface area (Å²) in [7, 11) is 0. The Bertz CT molecular complexity index is 560. The molecule has 2 aromatic rings. The van der Waals surface area contributed by atoms with Gasteiger partial charge >= 0.3 is 6.01 Å². The molecule has 0 bridgehead atoms. The number of nitrogens with two attached hydrogens (primary N) is 1. The van der Waals surface area contributed by atoms with Crippen molar-refractivity contribution in [3.63, 3.8) is 0 Å². The molecule has 0 atom stereocenters. The van der Waals surface area contributed by atoms with E-state index >= 15 is 0 Å². The quantitative estimate of drug-likeness (QED) is 0.942. The van der Waals surface area contributed by atoms with E-state index in [-0.39, 0.29) is 18.4 Å². The van der Waals surface area contributed by atoms with Gasteiger partial charge in [-0.05, 0) is 23.8 Å². The Hall–Kier alpha value is -1.59. The van der Waals surface area contributed by atoms with Crippen LogP contribution in [0.2, 0.25) is 10.0 Å². The second-order valence-electron chi connectivity index (χ2n) is 3.45. The zero-order chi connectivity index (χ0) is 13.1. The lowest BCUT2D eigenvalue weighted by molar-refractivity contribution is 0.280. The zero-order valence-corrected chi connectivity index (χ0v) is 10.5. The van der Waals surface area contributed by atoms with E-state index < -0.39 is 5.82 Å². The lowest BCUT2D eigenvalue weighted by Crippen LogP contribution is -2.03. The van der Waals surface area contributed by atoms with Gasteiger partial charge in [-0.15, -0.1) is 0 Å². The summed E-state index contributed by atoms with van der Waals surface area (Å²) in [6, 6.07) is 4.99. The molecule has 0 unspecified atom stereocenters. The molecule has 0 aliphatic rings. The molecule has 2 N–H and O–H groups in total. The van der Waals surface area contributed by atoms with Gasteiger partial charge in [-0.2, -0.15) is 4.98 Å². The number of rotatable bonds is 3. The van der Waals surface area contributed by atoms with Crippen molar-refractivity contribution < 1.29 is 9.13 Å². The lowest BCUT2D eigenvalue weighted by atomic mass is 10.2. The van der Waals surface area contributed by atoms with Crippen molar-refractivity contribution in [1.29, 1.82) is 0 Å². The van der Waals surface area contributed by atoms with Crippen molar-refractivity contribution in [1.82, 2.24) is 9.97 Å². The number of nitrogen functional groups attached to an aromatic ring is 1. The molecule has 0 amide bonds. The summed E-state index contributed by atoms with van der Waals surface area (Å²) in [6.07, 6.45) is 0.947. The van der Waals surface area contributed by atoms with Gasteiger partial charge in [0.15, 0.2) is 11.6 Å². The van der Waals surface area contributed by atoms with E-state index in [0.717, 1.165) is 11.8 Å². The fourth-order valence-electron chi connectivity index (χ4n) is 1.28. The summed E-state index contributed by atoms with van der Waals surface area (Å²) in [5.74, 6) is -0.947. The van der Waals surface area contributed by atoms with E-state index in [1.165, 1.54) is 0 Å². The SMILES string of the molecule is Nc1nc(OCc2cc(Cl)cc(Cl)c2)ncc1F. The summed E-state index contributed by atoms with van der Waals surface area (Å²) >= 11 is 11.7. The van der Waals surface area contributed by atoms with Gasteiger partial charge in [0.25, 0.3) is 0 Å². The maximum absolute atomic E-state index is 12.8. The second kappa shape index (κ2) is 5.37. The number of aromatic nitrogens is 2. The standard InChI is InChI=1S/C11H8Cl2FN3O/c12-7-1-6(2-8(13)3-7)5-18-11-16-4-9(14)10(15)17-11/h1-4H,5H2,(H2,15,16,17). The first kappa shape index (κ1) is 12.9. The molecule has 1 heterocycles. The molecule has 0 fully saturated rings. The first-order chi connectivity index (χ1) is 8.54. The molecule has 0 aliphatic heterocycles. The van der Waals surface area contributed by atoms with Gasteiger partial charge in [0.1, 0.15) is 6.61 Å². The second-order valence-corrected chi connectivity index (χ2v) is 4.32. The Balaban J connectivity index is 2.08. The van der Waals surface area contributed by atoms with Gasteiger partial charge in [-0.1, -0.05) is 23.2 Å². The predicted octanol–water partition coefficient (Wildman–Crippen LogP) is 3.08. The molecule has 2 rings (SSSR count). The van der Waals surface area contributed by atoms with Crippen LogP contribution in [-0.4, -0.2) is 9.97 Å². The number of halogens is 3. The first-order valence-corrected chi connectivity index (χ1v) is 5.66. The number of nitrogens with zero attached hydrogens (tertiary/aromatic N) is 2. The van der Waals surface area contributed by atoms with Crippen LogP contribution in [0.1, 0.15) is 5.56 Å². The van der Waals surface area contributed by atoms with Crippen LogP contribution in [0.25, 0.3) is 0 Å². The summed E-state index contributed by atoms with van der Waals surface area (Å²) in [6.45, 7) is 0.158. The molecule has 0 spiro atoms. The molecule has 0 saturated carbocycles. The Morgan fingerprint density at radius 1 is 1.22 bits per heavy atom. The summed E-state index contributed by atoms with van der Waals surface area (Å²) < 4.78 is 18.1. The highest BCUT2D eigenvalue weighted by molar-refractivity contribution is 6.34. The molecule has 7 heteroatoms. The van der Waals surface area contributed by atoms with Gasteiger partial charge in [0.2, 0.25) is 0 Å². The Labute approximate surface area is 113 Å². The minimum Gasteiger partial charge on any atom is -0.459 e. The number of benzene rings is 1. The topological polar surface area (TPSA) is 61.0 Å². The van der Waals surface area contributed by atoms with E-state index in [4.69, 9.17) is 33.7 Å². The van der Waals surface area contributed by atoms with Gasteiger partial charge < -0.3 is 10.5 Å². The van der Waals surface area contributed by atoms with Crippen LogP contribution in [0.3, 0.4) is 0 Å². The van der Waals surface area contributed by atoms with E-state index in [2.05, 4.69) is 9.97 Å². The summed E-state index contributed by atoms with van der Waals surface area (Å²) in [5.41, 5.74) is 6.04. The van der Waals surface area contributed by atoms with Crippen LogP contribution in [0.15, 0.2) is 24.4 Å². The molecule has 1 aromatic carbocycles. The Kier molecular flexibility index (Phi) is 3.84. The van der Waals surface area contributed by atoms with Gasteiger partial charge in [-0.3, -0.25) is 0 Å². The van der Waals surface area contributed by atoms with Gasteiger partial charge in [0.05, 0.1) is 6.20 Å². The van der Waals surface area contributed by atoms with E-state index in [9.17, 15) is 4.39 Å². The summed E-state index contributed by atoms with van der Waals surface area (Å²) in [4.78, 5) is 7.28. The molecule has 0 radical (unpaired) electrons. The molecule has 0 saturated heterocycles. The van der Waals surface area contributed by atoms with Gasteiger partial charge in [-0.25, -0.2) is 9.37 Å². The highest BCUT2D eigenvalue weighted by Gasteiger charge is 2.05. The largest absolute Gasteiger partial charge is 0.459 e. The number of anilines is 1. The molecular weight excluding hydrogens is 280 g/mol. The summed E-state index contributed by atoms with van der Waals surface area (Å²) in [5, 5.41) is 1.00. The van der Waals surface area contributed by atoms with E-state index in [1.807, 2.05) is 0 Å². The fourth-order valence-corrected chi connectivity index (χ4v) is 1.85. The van der Waals surface area contributed by atoms with Crippen LogP contribution < -0.4 is 10.5 Å². The molecule has 0 aliphatic carbocycles. The third-order valence-electron chi connectivity index (χ3n) is 2.04. The highest BCUT2D eigenvalue weighted by Crippen LogP contribution is 2.20. The van der Waals surface area contributed by atoms with Crippen molar-refractivity contribution in [3.8, 4) is 6.01 Å². The van der Waals surface area contributed by atoms with Crippen molar-refractivity contribution in [2.45, 2.75) is 6.61 Å². The van der Waals surface area contributed by atoms with Gasteiger partial charge in [0, 0.05) is 10.0 Å². The first-order valence-electron chi connectivity index (χ1n) is 4.90. The van der Waals surface area contributed by atoms with E-state index in [1.54, 1.807) is 18.2 Å². The van der Waals surface area contributed by atoms with E-state index in [0.29, 0.717) is 10.0 Å². The number of hydrogen-bond donors (Lipinski definition) is 1. The third kappa shape index (κ3) is 3.21. The van der Waals surface area contributed by atoms with Crippen LogP contribution in [0, 0.1) is 5.82 Å². The van der Waals surface area contributed by atoms with Crippen LogP contribution >= 0.6 is 23.2 Å². The Morgan fingerprint density at radius 3 is 2.50 bits per heavy atom. The maximum atomic E-state index is 12.8. The molecule has 94 valence electrons. The molecule has 18 heavy (non-hydrogen) atoms. The van der Waals surface area contributed by atoms with Crippen LogP contribution in [0.4, 0.5) is 10.2 Å². The average molecular weight is 288 g/mol. The van der Waals surface area contributed by atoms with Crippen molar-refractivity contribution >= 4 is 29.0 Å². The average Bonchev–Trinajstić information content (AvgIpc) is 2.29. The van der Waals surface area contributed by atoms with Crippen molar-refractivity contribution in [3.05, 3.63) is 45.8 Å². The van der Waals surface area contributed by atoms with Crippen LogP contribution in [0.5, 0.6) is 6.01 Å². The maximum Gasteiger partial charge on any atom is 0.318 e. The monoisotopic (exact) mass is 287 g/mol. The molecular formula is C11H8Cl2FN3O. The molecule has 4 nitrogen and oxygen atoms in total. The van der Waals surface area contributed by atoms with Crippen LogP contribution in [-0.2, 0) is 6.61 Å². The predicted molar refractivity (Wildman–Crippen MR) is 67.2 cm³/mol. The zero-order valence-electron chi connectivity index (χ0n) is 9.03. The van der Waals surface area contributed by atoms with Crippen molar-refractivity contribution in [2.24, 2.45) is 0 Å². The van der Waals surface area contributed by atoms with Crippen molar-refractivity contribution in [2.75, 3.05) is 5.73 Å². The fraction of sp³-hybridized carbons (Fsp3) is 0.0909. The third-order valence-corrected chi connectivity index (χ3v) is 2.48. The highest BCUT2D eigenvalue weighted by atomic mass is 35.5. The minimum absolute atomic E-state index is 0.00926. The number of hydrogen-bond acceptors (Lipinski definition) is 4. The molecule has 1 aromatic heterocycles. The lowest BCUT2D eigenvalue weighted by Gasteiger charge is -2.06. The normalized spacial score (nSPS) is 10.4.